The molecule has 102 valence electrons. The summed E-state index contributed by atoms with van der Waals surface area (Å²) in [6, 6.07) is 6.72. The SMILES string of the molecule is COc1ccc(N[C@H]2CC(=O)N(N(C)C)C2=O)cc1. The van der Waals surface area contributed by atoms with Crippen molar-refractivity contribution in [2.45, 2.75) is 12.5 Å². The molecule has 0 radical (unpaired) electrons. The smallest absolute Gasteiger partial charge is 0.266 e. The number of hydrogen-bond donors (Lipinski definition) is 1. The molecule has 0 bridgehead atoms. The van der Waals surface area contributed by atoms with Crippen LogP contribution in [0.25, 0.3) is 0 Å². The summed E-state index contributed by atoms with van der Waals surface area (Å²) in [7, 11) is 4.94. The maximum Gasteiger partial charge on any atom is 0.266 e. The van der Waals surface area contributed by atoms with Gasteiger partial charge in [0.1, 0.15) is 11.8 Å². The van der Waals surface area contributed by atoms with E-state index < -0.39 is 6.04 Å². The molecular weight excluding hydrogens is 246 g/mol. The summed E-state index contributed by atoms with van der Waals surface area (Å²) in [6.07, 6.45) is 0.170. The maximum absolute atomic E-state index is 12.1. The van der Waals surface area contributed by atoms with E-state index >= 15 is 0 Å². The van der Waals surface area contributed by atoms with E-state index in [-0.39, 0.29) is 18.2 Å². The van der Waals surface area contributed by atoms with E-state index in [0.717, 1.165) is 16.4 Å². The molecule has 19 heavy (non-hydrogen) atoms. The molecule has 1 saturated heterocycles. The van der Waals surface area contributed by atoms with E-state index in [9.17, 15) is 9.59 Å². The van der Waals surface area contributed by atoms with E-state index in [0.29, 0.717) is 0 Å². The highest BCUT2D eigenvalue weighted by Gasteiger charge is 2.39. The van der Waals surface area contributed by atoms with Crippen LogP contribution in [0.2, 0.25) is 0 Å². The molecular formula is C13H17N3O3. The molecule has 1 N–H and O–H groups in total. The van der Waals surface area contributed by atoms with E-state index in [2.05, 4.69) is 5.32 Å². The van der Waals surface area contributed by atoms with Crippen molar-refractivity contribution in [3.05, 3.63) is 24.3 Å². The van der Waals surface area contributed by atoms with Crippen LogP contribution in [0.3, 0.4) is 0 Å². The first-order chi connectivity index (χ1) is 9.02. The van der Waals surface area contributed by atoms with Crippen LogP contribution in [-0.4, -0.2) is 49.1 Å². The largest absolute Gasteiger partial charge is 0.497 e. The standard InChI is InChI=1S/C13H17N3O3/c1-15(2)16-12(17)8-11(13(16)18)14-9-4-6-10(19-3)7-5-9/h4-7,11,14H,8H2,1-3H3/t11-/m0/s1. The number of amides is 2. The second-order valence-electron chi connectivity index (χ2n) is 4.52. The van der Waals surface area contributed by atoms with Crippen LogP contribution in [-0.2, 0) is 9.59 Å². The Morgan fingerprint density at radius 3 is 2.37 bits per heavy atom. The molecule has 0 aromatic heterocycles. The van der Waals surface area contributed by atoms with Gasteiger partial charge in [0.2, 0.25) is 5.91 Å². The molecule has 2 rings (SSSR count). The molecule has 0 aliphatic carbocycles. The molecule has 0 saturated carbocycles. The lowest BCUT2D eigenvalue weighted by atomic mass is 10.2. The normalized spacial score (nSPS) is 19.2. The fourth-order valence-electron chi connectivity index (χ4n) is 2.04. The molecule has 0 unspecified atom stereocenters. The fourth-order valence-corrected chi connectivity index (χ4v) is 2.04. The molecule has 1 aliphatic rings. The third-order valence-corrected chi connectivity index (χ3v) is 2.95. The van der Waals surface area contributed by atoms with Gasteiger partial charge in [-0.3, -0.25) is 9.59 Å². The maximum atomic E-state index is 12.1. The van der Waals surface area contributed by atoms with Gasteiger partial charge in [-0.05, 0) is 24.3 Å². The van der Waals surface area contributed by atoms with Crippen LogP contribution in [0, 0.1) is 0 Å². The molecule has 6 nitrogen and oxygen atoms in total. The molecule has 1 aromatic carbocycles. The van der Waals surface area contributed by atoms with Crippen molar-refractivity contribution in [3.63, 3.8) is 0 Å². The van der Waals surface area contributed by atoms with Crippen molar-refractivity contribution in [2.24, 2.45) is 0 Å². The van der Waals surface area contributed by atoms with Crippen LogP contribution < -0.4 is 10.1 Å². The minimum absolute atomic E-state index is 0.170. The topological polar surface area (TPSA) is 61.9 Å². The van der Waals surface area contributed by atoms with Crippen molar-refractivity contribution in [1.29, 1.82) is 0 Å². The molecule has 2 amide bonds. The van der Waals surface area contributed by atoms with Gasteiger partial charge in [-0.15, -0.1) is 0 Å². The van der Waals surface area contributed by atoms with Crippen molar-refractivity contribution in [2.75, 3.05) is 26.5 Å². The number of ether oxygens (including phenoxy) is 1. The number of anilines is 1. The van der Waals surface area contributed by atoms with Crippen molar-refractivity contribution in [3.8, 4) is 5.75 Å². The molecule has 1 aliphatic heterocycles. The van der Waals surface area contributed by atoms with Gasteiger partial charge in [-0.1, -0.05) is 0 Å². The quantitative estimate of drug-likeness (QED) is 0.811. The molecule has 1 aromatic rings. The van der Waals surface area contributed by atoms with Crippen LogP contribution in [0.15, 0.2) is 24.3 Å². The van der Waals surface area contributed by atoms with E-state index in [4.69, 9.17) is 4.74 Å². The molecule has 6 heteroatoms. The minimum atomic E-state index is -0.511. The van der Waals surface area contributed by atoms with Crippen molar-refractivity contribution < 1.29 is 14.3 Å². The zero-order chi connectivity index (χ0) is 14.0. The zero-order valence-corrected chi connectivity index (χ0v) is 11.2. The van der Waals surface area contributed by atoms with Gasteiger partial charge in [-0.25, -0.2) is 10.0 Å². The van der Waals surface area contributed by atoms with Gasteiger partial charge in [0.15, 0.2) is 0 Å². The van der Waals surface area contributed by atoms with Gasteiger partial charge in [0.25, 0.3) is 5.91 Å². The number of imide groups is 1. The number of methoxy groups -OCH3 is 1. The molecule has 1 fully saturated rings. The van der Waals surface area contributed by atoms with Gasteiger partial charge < -0.3 is 10.1 Å². The molecule has 1 atom stereocenters. The van der Waals surface area contributed by atoms with Crippen LogP contribution in [0.4, 0.5) is 5.69 Å². The Morgan fingerprint density at radius 2 is 1.89 bits per heavy atom. The summed E-state index contributed by atoms with van der Waals surface area (Å²) in [5, 5.41) is 5.72. The van der Waals surface area contributed by atoms with E-state index in [1.54, 1.807) is 33.3 Å². The molecule has 0 spiro atoms. The van der Waals surface area contributed by atoms with Crippen LogP contribution >= 0.6 is 0 Å². The average molecular weight is 263 g/mol. The first-order valence-electron chi connectivity index (χ1n) is 5.97. The Labute approximate surface area is 111 Å². The third kappa shape index (κ3) is 2.68. The lowest BCUT2D eigenvalue weighted by Crippen LogP contribution is -2.43. The Morgan fingerprint density at radius 1 is 1.26 bits per heavy atom. The van der Waals surface area contributed by atoms with Crippen molar-refractivity contribution in [1.82, 2.24) is 10.0 Å². The first-order valence-corrected chi connectivity index (χ1v) is 5.97. The highest BCUT2D eigenvalue weighted by molar-refractivity contribution is 6.06. The Balaban J connectivity index is 2.07. The summed E-state index contributed by atoms with van der Waals surface area (Å²) in [5.41, 5.74) is 0.785. The Kier molecular flexibility index (Phi) is 3.71. The van der Waals surface area contributed by atoms with Crippen LogP contribution in [0.5, 0.6) is 5.75 Å². The lowest BCUT2D eigenvalue weighted by Gasteiger charge is -2.22. The number of hydrogen-bond acceptors (Lipinski definition) is 5. The van der Waals surface area contributed by atoms with Crippen molar-refractivity contribution >= 4 is 17.5 Å². The summed E-state index contributed by atoms with van der Waals surface area (Å²) in [4.78, 5) is 23.8. The Bertz CT molecular complexity index is 484. The van der Waals surface area contributed by atoms with E-state index in [1.807, 2.05) is 12.1 Å². The number of carbonyl (C=O) groups is 2. The summed E-state index contributed by atoms with van der Waals surface area (Å²) >= 11 is 0. The number of rotatable bonds is 4. The van der Waals surface area contributed by atoms with E-state index in [1.165, 1.54) is 5.01 Å². The van der Waals surface area contributed by atoms with Gasteiger partial charge in [-0.2, -0.15) is 0 Å². The number of benzene rings is 1. The minimum Gasteiger partial charge on any atom is -0.497 e. The summed E-state index contributed by atoms with van der Waals surface area (Å²) in [6.45, 7) is 0. The number of carbonyl (C=O) groups excluding carboxylic acids is 2. The lowest BCUT2D eigenvalue weighted by molar-refractivity contribution is -0.152. The number of nitrogens with one attached hydrogen (secondary N) is 1. The third-order valence-electron chi connectivity index (χ3n) is 2.95. The predicted molar refractivity (Wildman–Crippen MR) is 70.6 cm³/mol. The predicted octanol–water partition coefficient (Wildman–Crippen LogP) is 0.711. The van der Waals surface area contributed by atoms with Gasteiger partial charge in [0, 0.05) is 19.8 Å². The van der Waals surface area contributed by atoms with Crippen LogP contribution in [0.1, 0.15) is 6.42 Å². The first kappa shape index (κ1) is 13.4. The zero-order valence-electron chi connectivity index (χ0n) is 11.2. The molecule has 1 heterocycles. The van der Waals surface area contributed by atoms with Gasteiger partial charge >= 0.3 is 0 Å². The highest BCUT2D eigenvalue weighted by atomic mass is 16.5. The number of nitrogens with zero attached hydrogens (tertiary/aromatic N) is 2. The second-order valence-corrected chi connectivity index (χ2v) is 4.52. The second kappa shape index (κ2) is 5.27. The summed E-state index contributed by atoms with van der Waals surface area (Å²) in [5.74, 6) is 0.320. The van der Waals surface area contributed by atoms with Gasteiger partial charge in [0.05, 0.1) is 13.5 Å². The Hall–Kier alpha value is -2.08. The monoisotopic (exact) mass is 263 g/mol. The number of hydrazine groups is 1. The summed E-state index contributed by atoms with van der Waals surface area (Å²) < 4.78 is 5.06. The fraction of sp³-hybridized carbons (Fsp3) is 0.385. The average Bonchev–Trinajstić information content (AvgIpc) is 2.65. The highest BCUT2D eigenvalue weighted by Crippen LogP contribution is 2.21.